The lowest BCUT2D eigenvalue weighted by molar-refractivity contribution is 0.617. The second kappa shape index (κ2) is 6.18. The maximum absolute atomic E-state index is 12.9. The van der Waals surface area contributed by atoms with Crippen molar-refractivity contribution in [2.24, 2.45) is 0 Å². The van der Waals surface area contributed by atoms with Gasteiger partial charge in [-0.05, 0) is 11.3 Å². The zero-order valence-electron chi connectivity index (χ0n) is 8.18. The Bertz CT molecular complexity index is 363. The maximum atomic E-state index is 12.9. The van der Waals surface area contributed by atoms with E-state index in [2.05, 4.69) is 13.2 Å². The van der Waals surface area contributed by atoms with E-state index in [9.17, 15) is 4.39 Å². The number of hydrogen-bond acceptors (Lipinski definition) is 0. The number of rotatable bonds is 1. The first kappa shape index (κ1) is 11.6. The third kappa shape index (κ3) is 3.24. The summed E-state index contributed by atoms with van der Waals surface area (Å²) in [4.78, 5) is 0. The lowest BCUT2D eigenvalue weighted by Crippen LogP contribution is -2.25. The van der Waals surface area contributed by atoms with Crippen LogP contribution in [0, 0.1) is 5.82 Å². The van der Waals surface area contributed by atoms with E-state index in [-0.39, 0.29) is 5.82 Å². The van der Waals surface area contributed by atoms with Gasteiger partial charge in [0.1, 0.15) is 5.82 Å². The summed E-state index contributed by atoms with van der Waals surface area (Å²) in [7, 11) is 0. The van der Waals surface area contributed by atoms with E-state index in [4.69, 9.17) is 0 Å². The van der Waals surface area contributed by atoms with Crippen LogP contribution in [-0.2, 0) is 0 Å². The zero-order chi connectivity index (χ0) is 10.3. The number of allylic oxidation sites excluding steroid dienone is 1. The summed E-state index contributed by atoms with van der Waals surface area (Å²) in [5.74, 6) is -0.252. The van der Waals surface area contributed by atoms with Gasteiger partial charge in [0.15, 0.2) is 0 Å². The fourth-order valence-corrected chi connectivity index (χ4v) is 0.886. The molecule has 0 aromatic heterocycles. The van der Waals surface area contributed by atoms with Crippen molar-refractivity contribution in [3.63, 3.8) is 0 Å². The molecule has 1 rings (SSSR count). The molecule has 1 aromatic carbocycles. The third-order valence-electron chi connectivity index (χ3n) is 1.43. The zero-order valence-corrected chi connectivity index (χ0v) is 8.18. The van der Waals surface area contributed by atoms with Gasteiger partial charge in [0.25, 0.3) is 0 Å². The molecule has 0 atom stereocenters. The molecule has 0 unspecified atom stereocenters. The minimum Gasteiger partial charge on any atom is -0.206 e. The predicted molar refractivity (Wildman–Crippen MR) is 57.2 cm³/mol. The van der Waals surface area contributed by atoms with Crippen LogP contribution in [0.15, 0.2) is 30.9 Å². The van der Waals surface area contributed by atoms with Crippen LogP contribution in [0.4, 0.5) is 4.39 Å². The van der Waals surface area contributed by atoms with E-state index in [0.29, 0.717) is 10.4 Å². The summed E-state index contributed by atoms with van der Waals surface area (Å²) in [6.07, 6.45) is 3.16. The van der Waals surface area contributed by atoms with E-state index in [1.165, 1.54) is 6.07 Å². The average molecular weight is 178 g/mol. The Hall–Kier alpha value is -1.37. The molecule has 70 valence electrons. The van der Waals surface area contributed by atoms with Crippen molar-refractivity contribution in [3.05, 3.63) is 47.1 Å². The summed E-state index contributed by atoms with van der Waals surface area (Å²) in [6, 6.07) is 4.81. The van der Waals surface area contributed by atoms with Gasteiger partial charge in [-0.25, -0.2) is 4.39 Å². The van der Waals surface area contributed by atoms with Gasteiger partial charge >= 0.3 is 0 Å². The van der Waals surface area contributed by atoms with Crippen LogP contribution in [0.1, 0.15) is 13.8 Å². The number of hydrogen-bond donors (Lipinski definition) is 0. The predicted octanol–water partition coefficient (Wildman–Crippen LogP) is 2.23. The largest absolute Gasteiger partial charge is 0.206 e. The van der Waals surface area contributed by atoms with Gasteiger partial charge < -0.3 is 0 Å². The average Bonchev–Trinajstić information content (AvgIpc) is 2.15. The summed E-state index contributed by atoms with van der Waals surface area (Å²) in [5.41, 5.74) is 0. The Morgan fingerprint density at radius 2 is 1.92 bits per heavy atom. The van der Waals surface area contributed by atoms with Gasteiger partial charge in [0.05, 0.1) is 0 Å². The van der Waals surface area contributed by atoms with E-state index in [1.54, 1.807) is 24.3 Å². The Morgan fingerprint density at radius 3 is 2.38 bits per heavy atom. The van der Waals surface area contributed by atoms with Crippen LogP contribution in [-0.4, -0.2) is 0 Å². The van der Waals surface area contributed by atoms with Crippen molar-refractivity contribution in [1.29, 1.82) is 0 Å². The van der Waals surface area contributed by atoms with E-state index >= 15 is 0 Å². The molecule has 0 aliphatic rings. The van der Waals surface area contributed by atoms with Crippen molar-refractivity contribution in [2.75, 3.05) is 0 Å². The minimum atomic E-state index is -0.252. The lowest BCUT2D eigenvalue weighted by atomic mass is 10.2. The fraction of sp³-hybridized carbons (Fsp3) is 0.167. The molecule has 0 bridgehead atoms. The topological polar surface area (TPSA) is 0 Å². The maximum Gasteiger partial charge on any atom is 0.131 e. The molecule has 0 spiro atoms. The van der Waals surface area contributed by atoms with Gasteiger partial charge in [-0.3, -0.25) is 0 Å². The van der Waals surface area contributed by atoms with Crippen LogP contribution >= 0.6 is 0 Å². The molecule has 13 heavy (non-hydrogen) atoms. The van der Waals surface area contributed by atoms with Crippen LogP contribution in [0.25, 0.3) is 12.7 Å². The van der Waals surface area contributed by atoms with E-state index in [0.717, 1.165) is 0 Å². The van der Waals surface area contributed by atoms with Crippen LogP contribution < -0.4 is 10.4 Å². The molecule has 0 radical (unpaired) electrons. The Balaban J connectivity index is 0.000000671. The molecular weight excluding hydrogens is 163 g/mol. The van der Waals surface area contributed by atoms with Crippen molar-refractivity contribution >= 4 is 12.7 Å². The number of halogens is 1. The molecule has 0 nitrogen and oxygen atoms in total. The first-order chi connectivity index (χ1) is 6.25. The highest BCUT2D eigenvalue weighted by Gasteiger charge is 1.89. The summed E-state index contributed by atoms with van der Waals surface area (Å²) in [6.45, 7) is 11.2. The van der Waals surface area contributed by atoms with Gasteiger partial charge in [-0.2, -0.15) is 0 Å². The van der Waals surface area contributed by atoms with E-state index in [1.807, 2.05) is 13.8 Å². The molecular formula is C12H15F. The molecule has 0 amide bonds. The van der Waals surface area contributed by atoms with Crippen LogP contribution in [0.2, 0.25) is 0 Å². The standard InChI is InChI=1S/C10H9F.C2H6/c1-3-5-9-8(2)6-4-7-10(9)11;1-2/h3-7H,1-2H2;1-2H3/b9-5+;. The Kier molecular flexibility index (Phi) is 5.53. The smallest absolute Gasteiger partial charge is 0.131 e. The van der Waals surface area contributed by atoms with Gasteiger partial charge in [-0.15, -0.1) is 0 Å². The highest BCUT2D eigenvalue weighted by molar-refractivity contribution is 5.36. The number of benzene rings is 1. The van der Waals surface area contributed by atoms with Crippen molar-refractivity contribution in [3.8, 4) is 0 Å². The molecule has 0 saturated heterocycles. The molecule has 0 aliphatic carbocycles. The molecule has 0 fully saturated rings. The normalized spacial score (nSPS) is 10.2. The first-order valence-corrected chi connectivity index (χ1v) is 4.32. The molecule has 0 N–H and O–H groups in total. The third-order valence-corrected chi connectivity index (χ3v) is 1.43. The molecule has 0 aliphatic heterocycles. The van der Waals surface area contributed by atoms with Gasteiger partial charge in [0.2, 0.25) is 0 Å². The Labute approximate surface area is 78.7 Å². The van der Waals surface area contributed by atoms with Crippen LogP contribution in [0.3, 0.4) is 0 Å². The highest BCUT2D eigenvalue weighted by atomic mass is 19.1. The summed E-state index contributed by atoms with van der Waals surface area (Å²) >= 11 is 0. The second-order valence-corrected chi connectivity index (χ2v) is 2.22. The summed E-state index contributed by atoms with van der Waals surface area (Å²) < 4.78 is 12.9. The van der Waals surface area contributed by atoms with Gasteiger partial charge in [0, 0.05) is 5.22 Å². The highest BCUT2D eigenvalue weighted by Crippen LogP contribution is 1.83. The summed E-state index contributed by atoms with van der Waals surface area (Å²) in [5, 5.41) is 1.20. The monoisotopic (exact) mass is 178 g/mol. The molecule has 0 saturated carbocycles. The quantitative estimate of drug-likeness (QED) is 0.618. The van der Waals surface area contributed by atoms with Crippen molar-refractivity contribution < 1.29 is 4.39 Å². The van der Waals surface area contributed by atoms with Crippen molar-refractivity contribution in [2.45, 2.75) is 13.8 Å². The van der Waals surface area contributed by atoms with E-state index < -0.39 is 0 Å². The minimum absolute atomic E-state index is 0.252. The first-order valence-electron chi connectivity index (χ1n) is 4.32. The fourth-order valence-electron chi connectivity index (χ4n) is 0.886. The van der Waals surface area contributed by atoms with Gasteiger partial charge in [-0.1, -0.05) is 51.3 Å². The Morgan fingerprint density at radius 1 is 1.31 bits per heavy atom. The molecule has 0 heterocycles. The lowest BCUT2D eigenvalue weighted by Gasteiger charge is -1.88. The van der Waals surface area contributed by atoms with Crippen LogP contribution in [0.5, 0.6) is 0 Å². The molecule has 1 heteroatoms. The molecule has 1 aromatic rings. The second-order valence-electron chi connectivity index (χ2n) is 2.22. The SMILES string of the molecule is C=C/C=c1/c(F)cccc1=C.CC. The van der Waals surface area contributed by atoms with Crippen molar-refractivity contribution in [1.82, 2.24) is 0 Å².